The molecular weight excluding hydrogens is 269 g/mol. The molecular formula is C13H17Cl2N3. The second kappa shape index (κ2) is 5.33. The third-order valence-electron chi connectivity index (χ3n) is 3.93. The lowest BCUT2D eigenvalue weighted by Crippen LogP contribution is -2.49. The van der Waals surface area contributed by atoms with Crippen LogP contribution in [-0.2, 0) is 6.54 Å². The van der Waals surface area contributed by atoms with E-state index in [1.54, 1.807) is 6.07 Å². The first kappa shape index (κ1) is 12.7. The molecule has 18 heavy (non-hydrogen) atoms. The molecule has 2 aliphatic rings. The van der Waals surface area contributed by atoms with Crippen LogP contribution in [0.15, 0.2) is 12.1 Å². The van der Waals surface area contributed by atoms with Crippen LogP contribution in [0.5, 0.6) is 0 Å². The first-order valence-electron chi connectivity index (χ1n) is 6.50. The zero-order valence-electron chi connectivity index (χ0n) is 10.3. The Balaban J connectivity index is 1.67. The molecule has 1 atom stereocenters. The van der Waals surface area contributed by atoms with E-state index in [0.29, 0.717) is 10.2 Å². The van der Waals surface area contributed by atoms with Gasteiger partial charge in [-0.1, -0.05) is 23.2 Å². The van der Waals surface area contributed by atoms with Crippen molar-refractivity contribution in [2.24, 2.45) is 0 Å². The molecule has 3 rings (SSSR count). The van der Waals surface area contributed by atoms with Gasteiger partial charge in [-0.25, -0.2) is 4.98 Å². The molecule has 1 unspecified atom stereocenters. The van der Waals surface area contributed by atoms with Crippen LogP contribution < -0.4 is 0 Å². The van der Waals surface area contributed by atoms with Gasteiger partial charge in [0.05, 0.1) is 10.7 Å². The summed E-state index contributed by atoms with van der Waals surface area (Å²) in [5, 5.41) is 1.24. The molecule has 0 saturated carbocycles. The summed E-state index contributed by atoms with van der Waals surface area (Å²) in [6.45, 7) is 5.48. The van der Waals surface area contributed by atoms with E-state index in [2.05, 4.69) is 14.8 Å². The number of hydrogen-bond acceptors (Lipinski definition) is 3. The minimum absolute atomic E-state index is 0.522. The van der Waals surface area contributed by atoms with E-state index in [9.17, 15) is 0 Å². The van der Waals surface area contributed by atoms with Crippen LogP contribution in [-0.4, -0.2) is 47.0 Å². The van der Waals surface area contributed by atoms with E-state index in [1.807, 2.05) is 6.07 Å². The number of nitrogens with zero attached hydrogens (tertiary/aromatic N) is 3. The molecule has 0 aromatic carbocycles. The Labute approximate surface area is 118 Å². The Bertz CT molecular complexity index is 438. The van der Waals surface area contributed by atoms with Crippen LogP contribution in [0, 0.1) is 0 Å². The summed E-state index contributed by atoms with van der Waals surface area (Å²) < 4.78 is 0. The molecule has 0 aliphatic carbocycles. The van der Waals surface area contributed by atoms with Crippen LogP contribution in [0.25, 0.3) is 0 Å². The molecule has 2 fully saturated rings. The predicted molar refractivity (Wildman–Crippen MR) is 74.1 cm³/mol. The fourth-order valence-corrected chi connectivity index (χ4v) is 3.31. The SMILES string of the molecule is Clc1ccc(Cl)c(CN2CCN3CCCC3C2)n1. The van der Waals surface area contributed by atoms with Crippen LogP contribution in [0.1, 0.15) is 18.5 Å². The molecule has 0 spiro atoms. The maximum atomic E-state index is 6.17. The van der Waals surface area contributed by atoms with E-state index in [4.69, 9.17) is 23.2 Å². The van der Waals surface area contributed by atoms with Crippen molar-refractivity contribution in [3.8, 4) is 0 Å². The average Bonchev–Trinajstić information content (AvgIpc) is 2.81. The van der Waals surface area contributed by atoms with Crippen molar-refractivity contribution < 1.29 is 0 Å². The van der Waals surface area contributed by atoms with Crippen molar-refractivity contribution in [3.05, 3.63) is 28.0 Å². The van der Waals surface area contributed by atoms with Crippen LogP contribution in [0.4, 0.5) is 0 Å². The fraction of sp³-hybridized carbons (Fsp3) is 0.615. The highest BCUT2D eigenvalue weighted by Crippen LogP contribution is 2.24. The molecule has 1 aromatic heterocycles. The van der Waals surface area contributed by atoms with Crippen molar-refractivity contribution in [3.63, 3.8) is 0 Å². The second-order valence-electron chi connectivity index (χ2n) is 5.13. The van der Waals surface area contributed by atoms with E-state index in [0.717, 1.165) is 31.4 Å². The van der Waals surface area contributed by atoms with Gasteiger partial charge in [0.15, 0.2) is 0 Å². The second-order valence-corrected chi connectivity index (χ2v) is 5.92. The lowest BCUT2D eigenvalue weighted by atomic mass is 10.1. The van der Waals surface area contributed by atoms with E-state index < -0.39 is 0 Å². The molecule has 2 saturated heterocycles. The maximum absolute atomic E-state index is 6.17. The standard InChI is InChI=1S/C13H17Cl2N3/c14-11-3-4-13(15)16-12(11)9-17-6-7-18-5-1-2-10(18)8-17/h3-4,10H,1-2,5-9H2. The summed E-state index contributed by atoms with van der Waals surface area (Å²) in [6.07, 6.45) is 2.67. The zero-order chi connectivity index (χ0) is 12.5. The first-order chi connectivity index (χ1) is 8.72. The van der Waals surface area contributed by atoms with Gasteiger partial charge in [-0.05, 0) is 31.5 Å². The summed E-state index contributed by atoms with van der Waals surface area (Å²) in [5.41, 5.74) is 0.899. The van der Waals surface area contributed by atoms with Gasteiger partial charge in [-0.15, -0.1) is 0 Å². The molecule has 0 bridgehead atoms. The number of pyridine rings is 1. The van der Waals surface area contributed by atoms with Crippen molar-refractivity contribution in [2.45, 2.75) is 25.4 Å². The maximum Gasteiger partial charge on any atom is 0.129 e. The highest BCUT2D eigenvalue weighted by atomic mass is 35.5. The van der Waals surface area contributed by atoms with Gasteiger partial charge in [0, 0.05) is 32.2 Å². The Hall–Kier alpha value is -0.350. The monoisotopic (exact) mass is 285 g/mol. The number of rotatable bonds is 2. The van der Waals surface area contributed by atoms with Gasteiger partial charge >= 0.3 is 0 Å². The molecule has 1 aromatic rings. The van der Waals surface area contributed by atoms with Gasteiger partial charge in [0.25, 0.3) is 0 Å². The molecule has 2 aliphatic heterocycles. The third kappa shape index (κ3) is 2.64. The van der Waals surface area contributed by atoms with Crippen LogP contribution in [0.2, 0.25) is 10.2 Å². The van der Waals surface area contributed by atoms with Crippen molar-refractivity contribution in [2.75, 3.05) is 26.2 Å². The molecule has 3 nitrogen and oxygen atoms in total. The largest absolute Gasteiger partial charge is 0.298 e. The van der Waals surface area contributed by atoms with Gasteiger partial charge in [0.2, 0.25) is 0 Å². The van der Waals surface area contributed by atoms with Gasteiger partial charge in [0.1, 0.15) is 5.15 Å². The van der Waals surface area contributed by atoms with Crippen molar-refractivity contribution in [1.82, 2.24) is 14.8 Å². The Morgan fingerprint density at radius 3 is 3.00 bits per heavy atom. The lowest BCUT2D eigenvalue weighted by Gasteiger charge is -2.37. The topological polar surface area (TPSA) is 19.4 Å². The van der Waals surface area contributed by atoms with Crippen LogP contribution >= 0.6 is 23.2 Å². The number of hydrogen-bond donors (Lipinski definition) is 0. The van der Waals surface area contributed by atoms with E-state index in [-0.39, 0.29) is 0 Å². The smallest absolute Gasteiger partial charge is 0.129 e. The lowest BCUT2D eigenvalue weighted by molar-refractivity contribution is 0.0985. The summed E-state index contributed by atoms with van der Waals surface area (Å²) in [7, 11) is 0. The average molecular weight is 286 g/mol. The molecule has 0 radical (unpaired) electrons. The Morgan fingerprint density at radius 1 is 1.22 bits per heavy atom. The Morgan fingerprint density at radius 2 is 2.11 bits per heavy atom. The third-order valence-corrected chi connectivity index (χ3v) is 4.48. The number of aromatic nitrogens is 1. The number of piperazine rings is 1. The van der Waals surface area contributed by atoms with Crippen LogP contribution in [0.3, 0.4) is 0 Å². The molecule has 3 heterocycles. The summed E-state index contributed by atoms with van der Waals surface area (Å²) in [4.78, 5) is 9.37. The first-order valence-corrected chi connectivity index (χ1v) is 7.25. The van der Waals surface area contributed by atoms with E-state index >= 15 is 0 Å². The summed E-state index contributed by atoms with van der Waals surface area (Å²) in [6, 6.07) is 4.30. The minimum atomic E-state index is 0.522. The summed E-state index contributed by atoms with van der Waals surface area (Å²) >= 11 is 12.1. The summed E-state index contributed by atoms with van der Waals surface area (Å²) in [5.74, 6) is 0. The number of halogens is 2. The van der Waals surface area contributed by atoms with Crippen molar-refractivity contribution >= 4 is 23.2 Å². The normalized spacial score (nSPS) is 25.3. The highest BCUT2D eigenvalue weighted by Gasteiger charge is 2.30. The number of fused-ring (bicyclic) bond motifs is 1. The predicted octanol–water partition coefficient (Wildman–Crippen LogP) is 2.67. The zero-order valence-corrected chi connectivity index (χ0v) is 11.8. The quantitative estimate of drug-likeness (QED) is 0.779. The van der Waals surface area contributed by atoms with Gasteiger partial charge in [-0.2, -0.15) is 0 Å². The molecule has 0 amide bonds. The fourth-order valence-electron chi connectivity index (χ4n) is 2.98. The minimum Gasteiger partial charge on any atom is -0.298 e. The van der Waals surface area contributed by atoms with Crippen molar-refractivity contribution in [1.29, 1.82) is 0 Å². The van der Waals surface area contributed by atoms with Gasteiger partial charge < -0.3 is 0 Å². The highest BCUT2D eigenvalue weighted by molar-refractivity contribution is 6.32. The van der Waals surface area contributed by atoms with E-state index in [1.165, 1.54) is 25.9 Å². The Kier molecular flexibility index (Phi) is 3.76. The van der Waals surface area contributed by atoms with Gasteiger partial charge in [-0.3, -0.25) is 9.80 Å². The molecule has 0 N–H and O–H groups in total. The molecule has 98 valence electrons. The molecule has 5 heteroatoms.